The van der Waals surface area contributed by atoms with E-state index in [9.17, 15) is 14.4 Å². The molecule has 0 bridgehead atoms. The first-order valence-corrected chi connectivity index (χ1v) is 14.4. The van der Waals surface area contributed by atoms with Gasteiger partial charge in [-0.15, -0.1) is 11.8 Å². The number of hydrogen-bond acceptors (Lipinski definition) is 5. The molecule has 4 aromatic rings. The summed E-state index contributed by atoms with van der Waals surface area (Å²) in [5.41, 5.74) is 1.99. The monoisotopic (exact) mass is 619 g/mol. The van der Waals surface area contributed by atoms with Gasteiger partial charge in [0.25, 0.3) is 11.8 Å². The molecule has 0 fully saturated rings. The molecule has 0 saturated heterocycles. The highest BCUT2D eigenvalue weighted by Gasteiger charge is 2.18. The smallest absolute Gasteiger partial charge is 0.272 e. The van der Waals surface area contributed by atoms with Gasteiger partial charge in [-0.3, -0.25) is 14.4 Å². The SMILES string of the molecule is COc1ccccc1NC(=O)C(C)Sc1ccc(NC(=O)/C(=C/c2ccc(Cl)cc2Cl)NC(=O)c2ccccc2)cc1. The Balaban J connectivity index is 1.45. The predicted molar refractivity (Wildman–Crippen MR) is 170 cm³/mol. The number of benzene rings is 4. The highest BCUT2D eigenvalue weighted by atomic mass is 35.5. The van der Waals surface area contributed by atoms with Crippen molar-refractivity contribution in [3.05, 3.63) is 124 Å². The van der Waals surface area contributed by atoms with E-state index in [-0.39, 0.29) is 11.6 Å². The number of anilines is 2. The first kappa shape index (κ1) is 30.7. The van der Waals surface area contributed by atoms with E-state index >= 15 is 0 Å². The zero-order chi connectivity index (χ0) is 30.1. The fourth-order valence-electron chi connectivity index (χ4n) is 3.77. The molecule has 214 valence electrons. The third-order valence-electron chi connectivity index (χ3n) is 5.95. The number of thioether (sulfide) groups is 1. The lowest BCUT2D eigenvalue weighted by atomic mass is 10.1. The highest BCUT2D eigenvalue weighted by Crippen LogP contribution is 2.28. The number of halogens is 2. The van der Waals surface area contributed by atoms with Gasteiger partial charge in [0.1, 0.15) is 11.4 Å². The van der Waals surface area contributed by atoms with Crippen LogP contribution in [-0.4, -0.2) is 30.1 Å². The second-order valence-electron chi connectivity index (χ2n) is 8.97. The van der Waals surface area contributed by atoms with Crippen molar-refractivity contribution in [1.29, 1.82) is 0 Å². The molecule has 0 saturated carbocycles. The Bertz CT molecular complexity index is 1610. The number of para-hydroxylation sites is 2. The minimum absolute atomic E-state index is 0.00633. The van der Waals surface area contributed by atoms with Gasteiger partial charge in [0.2, 0.25) is 5.91 Å². The van der Waals surface area contributed by atoms with Crippen LogP contribution in [0.25, 0.3) is 6.08 Å². The number of amides is 3. The summed E-state index contributed by atoms with van der Waals surface area (Å²) in [6.07, 6.45) is 1.49. The van der Waals surface area contributed by atoms with Crippen LogP contribution >= 0.6 is 35.0 Å². The van der Waals surface area contributed by atoms with Gasteiger partial charge in [-0.05, 0) is 79.2 Å². The molecule has 0 aliphatic rings. The molecule has 10 heteroatoms. The lowest BCUT2D eigenvalue weighted by Gasteiger charge is -2.15. The molecule has 42 heavy (non-hydrogen) atoms. The van der Waals surface area contributed by atoms with Gasteiger partial charge < -0.3 is 20.7 Å². The number of hydrogen-bond donors (Lipinski definition) is 3. The van der Waals surface area contributed by atoms with Gasteiger partial charge in [0.05, 0.1) is 18.0 Å². The van der Waals surface area contributed by atoms with Crippen molar-refractivity contribution in [2.24, 2.45) is 0 Å². The Labute approximate surface area is 258 Å². The standard InChI is InChI=1S/C32H27Cl2N3O4S/c1-20(30(38)36-27-10-6-7-11-29(27)41-2)42-25-16-14-24(15-17-25)35-32(40)28(18-22-12-13-23(33)19-26(22)34)37-31(39)21-8-4-3-5-9-21/h3-20H,1-2H3,(H,35,40)(H,36,38)(H,37,39)/b28-18-. The van der Waals surface area contributed by atoms with Crippen molar-refractivity contribution < 1.29 is 19.1 Å². The molecule has 3 amide bonds. The van der Waals surface area contributed by atoms with E-state index in [1.807, 2.05) is 12.1 Å². The molecule has 7 nitrogen and oxygen atoms in total. The van der Waals surface area contributed by atoms with Gasteiger partial charge in [-0.1, -0.05) is 59.6 Å². The van der Waals surface area contributed by atoms with Crippen molar-refractivity contribution >= 4 is 70.1 Å². The minimum Gasteiger partial charge on any atom is -0.495 e. The molecule has 3 N–H and O–H groups in total. The minimum atomic E-state index is -0.546. The quantitative estimate of drug-likeness (QED) is 0.126. The molecule has 0 aliphatic carbocycles. The topological polar surface area (TPSA) is 96.5 Å². The van der Waals surface area contributed by atoms with E-state index < -0.39 is 17.1 Å². The van der Waals surface area contributed by atoms with Crippen molar-refractivity contribution in [2.45, 2.75) is 17.1 Å². The van der Waals surface area contributed by atoms with Crippen LogP contribution in [0.15, 0.2) is 108 Å². The van der Waals surface area contributed by atoms with Crippen LogP contribution in [0.1, 0.15) is 22.8 Å². The van der Waals surface area contributed by atoms with E-state index in [4.69, 9.17) is 27.9 Å². The van der Waals surface area contributed by atoms with Crippen LogP contribution in [0.4, 0.5) is 11.4 Å². The first-order valence-electron chi connectivity index (χ1n) is 12.8. The molecule has 4 aromatic carbocycles. The highest BCUT2D eigenvalue weighted by molar-refractivity contribution is 8.00. The third-order valence-corrected chi connectivity index (χ3v) is 7.62. The summed E-state index contributed by atoms with van der Waals surface area (Å²) in [5, 5.41) is 8.74. The summed E-state index contributed by atoms with van der Waals surface area (Å²) < 4.78 is 5.30. The Morgan fingerprint density at radius 1 is 0.857 bits per heavy atom. The number of carbonyl (C=O) groups excluding carboxylic acids is 3. The number of methoxy groups -OCH3 is 1. The Morgan fingerprint density at radius 3 is 2.24 bits per heavy atom. The molecular formula is C32H27Cl2N3O4S. The Kier molecular flexibility index (Phi) is 10.7. The zero-order valence-electron chi connectivity index (χ0n) is 22.7. The van der Waals surface area contributed by atoms with Gasteiger partial charge >= 0.3 is 0 Å². The summed E-state index contributed by atoms with van der Waals surface area (Å²) in [6.45, 7) is 1.81. The third kappa shape index (κ3) is 8.39. The lowest BCUT2D eigenvalue weighted by Crippen LogP contribution is -2.30. The fourth-order valence-corrected chi connectivity index (χ4v) is 5.10. The first-order chi connectivity index (χ1) is 20.2. The van der Waals surface area contributed by atoms with Gasteiger partial charge in [0.15, 0.2) is 0 Å². The van der Waals surface area contributed by atoms with Crippen molar-refractivity contribution in [2.75, 3.05) is 17.7 Å². The zero-order valence-corrected chi connectivity index (χ0v) is 25.0. The van der Waals surface area contributed by atoms with Crippen molar-refractivity contribution in [3.63, 3.8) is 0 Å². The molecule has 0 aromatic heterocycles. The van der Waals surface area contributed by atoms with E-state index in [0.717, 1.165) is 4.90 Å². The molecule has 0 heterocycles. The molecule has 0 radical (unpaired) electrons. The van der Waals surface area contributed by atoms with E-state index in [2.05, 4.69) is 16.0 Å². The average molecular weight is 621 g/mol. The van der Waals surface area contributed by atoms with Crippen LogP contribution in [-0.2, 0) is 9.59 Å². The second-order valence-corrected chi connectivity index (χ2v) is 11.2. The second kappa shape index (κ2) is 14.6. The summed E-state index contributed by atoms with van der Waals surface area (Å²) in [7, 11) is 1.55. The number of ether oxygens (including phenoxy) is 1. The maximum Gasteiger partial charge on any atom is 0.272 e. The van der Waals surface area contributed by atoms with Gasteiger partial charge in [0, 0.05) is 26.2 Å². The van der Waals surface area contributed by atoms with Crippen molar-refractivity contribution in [1.82, 2.24) is 5.32 Å². The average Bonchev–Trinajstić information content (AvgIpc) is 2.99. The van der Waals surface area contributed by atoms with E-state index in [0.29, 0.717) is 38.3 Å². The van der Waals surface area contributed by atoms with Gasteiger partial charge in [-0.25, -0.2) is 0 Å². The van der Waals surface area contributed by atoms with Crippen LogP contribution in [0.2, 0.25) is 10.0 Å². The summed E-state index contributed by atoms with van der Waals surface area (Å²) >= 11 is 13.7. The maximum absolute atomic E-state index is 13.3. The van der Waals surface area contributed by atoms with Crippen molar-refractivity contribution in [3.8, 4) is 5.75 Å². The van der Waals surface area contributed by atoms with Crippen LogP contribution in [0.3, 0.4) is 0 Å². The lowest BCUT2D eigenvalue weighted by molar-refractivity contribution is -0.115. The number of nitrogens with one attached hydrogen (secondary N) is 3. The molecule has 4 rings (SSSR count). The molecular weight excluding hydrogens is 593 g/mol. The number of carbonyl (C=O) groups is 3. The number of rotatable bonds is 10. The van der Waals surface area contributed by atoms with E-state index in [1.54, 1.807) is 99.0 Å². The summed E-state index contributed by atoms with van der Waals surface area (Å²) in [5.74, 6) is -0.592. The molecule has 1 atom stereocenters. The Hall–Kier alpha value is -4.24. The molecule has 0 spiro atoms. The summed E-state index contributed by atoms with van der Waals surface area (Å²) in [4.78, 5) is 39.8. The summed E-state index contributed by atoms with van der Waals surface area (Å²) in [6, 6.07) is 27.6. The van der Waals surface area contributed by atoms with Crippen LogP contribution in [0.5, 0.6) is 5.75 Å². The van der Waals surface area contributed by atoms with E-state index in [1.165, 1.54) is 17.8 Å². The fraction of sp³-hybridized carbons (Fsp3) is 0.0938. The predicted octanol–water partition coefficient (Wildman–Crippen LogP) is 7.53. The van der Waals surface area contributed by atoms with Crippen LogP contribution < -0.4 is 20.7 Å². The van der Waals surface area contributed by atoms with Crippen LogP contribution in [0, 0.1) is 0 Å². The molecule has 1 unspecified atom stereocenters. The van der Waals surface area contributed by atoms with Gasteiger partial charge in [-0.2, -0.15) is 0 Å². The normalized spacial score (nSPS) is 11.8. The molecule has 0 aliphatic heterocycles. The largest absolute Gasteiger partial charge is 0.495 e. The Morgan fingerprint density at radius 2 is 1.55 bits per heavy atom. The maximum atomic E-state index is 13.3.